The maximum atomic E-state index is 12.9. The highest BCUT2D eigenvalue weighted by Crippen LogP contribution is 2.28. The largest absolute Gasteiger partial charge is 0.477 e. The number of pyridine rings is 1. The van der Waals surface area contributed by atoms with E-state index >= 15 is 0 Å². The van der Waals surface area contributed by atoms with E-state index in [2.05, 4.69) is 15.1 Å². The molecule has 2 aromatic rings. The first-order chi connectivity index (χ1) is 12.1. The van der Waals surface area contributed by atoms with Crippen LogP contribution in [0.3, 0.4) is 0 Å². The lowest BCUT2D eigenvalue weighted by molar-refractivity contribution is 0.0698. The lowest BCUT2D eigenvalue weighted by atomic mass is 9.96. The molecule has 0 bridgehead atoms. The smallest absolute Gasteiger partial charge is 0.259 e. The lowest BCUT2D eigenvalue weighted by Crippen LogP contribution is -2.39. The van der Waals surface area contributed by atoms with Crippen molar-refractivity contribution in [2.45, 2.75) is 45.4 Å². The van der Waals surface area contributed by atoms with Crippen molar-refractivity contribution in [1.29, 1.82) is 0 Å². The minimum atomic E-state index is -0.0613. The third kappa shape index (κ3) is 3.81. The van der Waals surface area contributed by atoms with Crippen LogP contribution in [-0.2, 0) is 0 Å². The van der Waals surface area contributed by atoms with Gasteiger partial charge < -0.3 is 14.2 Å². The van der Waals surface area contributed by atoms with Crippen LogP contribution in [0.5, 0.6) is 5.88 Å². The Labute approximate surface area is 147 Å². The number of hydrogen-bond donors (Lipinski definition) is 0. The summed E-state index contributed by atoms with van der Waals surface area (Å²) in [7, 11) is 0. The standard InChI is InChI=1S/C18H24N4O3/c1-4-24-17-14(8-5-9-19-17)18(23)22-10-6-7-13(11-22)15-20-16(12(2)3)25-21-15/h5,8-9,12-13H,4,6-7,10-11H2,1-3H3/t13-/m1/s1. The zero-order chi connectivity index (χ0) is 17.8. The van der Waals surface area contributed by atoms with E-state index in [0.717, 1.165) is 12.8 Å². The molecule has 1 aliphatic rings. The lowest BCUT2D eigenvalue weighted by Gasteiger charge is -2.31. The summed E-state index contributed by atoms with van der Waals surface area (Å²) in [6.07, 6.45) is 3.49. The zero-order valence-corrected chi connectivity index (χ0v) is 14.9. The van der Waals surface area contributed by atoms with Gasteiger partial charge in [-0.05, 0) is 31.9 Å². The number of nitrogens with zero attached hydrogens (tertiary/aromatic N) is 4. The molecule has 1 fully saturated rings. The molecule has 1 aliphatic heterocycles. The zero-order valence-electron chi connectivity index (χ0n) is 14.9. The third-order valence-electron chi connectivity index (χ3n) is 4.31. The number of hydrogen-bond acceptors (Lipinski definition) is 6. The van der Waals surface area contributed by atoms with Gasteiger partial charge in [0.2, 0.25) is 11.8 Å². The molecule has 0 N–H and O–H groups in total. The molecule has 0 saturated carbocycles. The molecule has 2 aromatic heterocycles. The molecule has 134 valence electrons. The first-order valence-corrected chi connectivity index (χ1v) is 8.80. The number of carbonyl (C=O) groups is 1. The second-order valence-corrected chi connectivity index (χ2v) is 6.52. The molecular weight excluding hydrogens is 320 g/mol. The number of piperidine rings is 1. The molecule has 0 spiro atoms. The van der Waals surface area contributed by atoms with E-state index in [9.17, 15) is 4.79 Å². The number of rotatable bonds is 5. The summed E-state index contributed by atoms with van der Waals surface area (Å²) in [6.45, 7) is 7.68. The summed E-state index contributed by atoms with van der Waals surface area (Å²) in [5, 5.41) is 4.11. The second-order valence-electron chi connectivity index (χ2n) is 6.52. The fourth-order valence-corrected chi connectivity index (χ4v) is 3.00. The molecule has 1 saturated heterocycles. The molecule has 0 unspecified atom stereocenters. The van der Waals surface area contributed by atoms with E-state index in [1.165, 1.54) is 0 Å². The monoisotopic (exact) mass is 344 g/mol. The van der Waals surface area contributed by atoms with E-state index in [1.807, 2.05) is 25.7 Å². The average Bonchev–Trinajstić information content (AvgIpc) is 3.13. The highest BCUT2D eigenvalue weighted by molar-refractivity contribution is 5.96. The van der Waals surface area contributed by atoms with Crippen molar-refractivity contribution in [3.05, 3.63) is 35.6 Å². The highest BCUT2D eigenvalue weighted by Gasteiger charge is 2.30. The van der Waals surface area contributed by atoms with Crippen molar-refractivity contribution in [2.24, 2.45) is 0 Å². The maximum absolute atomic E-state index is 12.9. The molecule has 3 rings (SSSR count). The quantitative estimate of drug-likeness (QED) is 0.829. The molecule has 0 aromatic carbocycles. The summed E-state index contributed by atoms with van der Waals surface area (Å²) in [5.74, 6) is 1.96. The van der Waals surface area contributed by atoms with Crippen molar-refractivity contribution < 1.29 is 14.1 Å². The van der Waals surface area contributed by atoms with Gasteiger partial charge in [-0.25, -0.2) is 4.98 Å². The summed E-state index contributed by atoms with van der Waals surface area (Å²) in [5.41, 5.74) is 0.501. The molecule has 0 aliphatic carbocycles. The van der Waals surface area contributed by atoms with E-state index in [-0.39, 0.29) is 17.7 Å². The Morgan fingerprint density at radius 3 is 3.04 bits per heavy atom. The van der Waals surface area contributed by atoms with Gasteiger partial charge in [0.15, 0.2) is 5.82 Å². The molecule has 0 radical (unpaired) electrons. The summed E-state index contributed by atoms with van der Waals surface area (Å²) >= 11 is 0. The van der Waals surface area contributed by atoms with E-state index < -0.39 is 0 Å². The van der Waals surface area contributed by atoms with Crippen LogP contribution in [-0.4, -0.2) is 45.6 Å². The Kier molecular flexibility index (Phi) is 5.31. The Morgan fingerprint density at radius 1 is 1.48 bits per heavy atom. The van der Waals surface area contributed by atoms with Crippen molar-refractivity contribution >= 4 is 5.91 Å². The van der Waals surface area contributed by atoms with Crippen LogP contribution in [0.4, 0.5) is 0 Å². The minimum Gasteiger partial charge on any atom is -0.477 e. The van der Waals surface area contributed by atoms with Gasteiger partial charge in [-0.2, -0.15) is 4.98 Å². The number of likely N-dealkylation sites (tertiary alicyclic amines) is 1. The summed E-state index contributed by atoms with van der Waals surface area (Å²) in [4.78, 5) is 23.4. The van der Waals surface area contributed by atoms with Gasteiger partial charge in [-0.3, -0.25) is 4.79 Å². The molecular formula is C18H24N4O3. The predicted octanol–water partition coefficient (Wildman–Crippen LogP) is 3.01. The molecule has 7 heteroatoms. The molecule has 3 heterocycles. The molecule has 25 heavy (non-hydrogen) atoms. The highest BCUT2D eigenvalue weighted by atomic mass is 16.5. The van der Waals surface area contributed by atoms with Crippen LogP contribution < -0.4 is 4.74 Å². The topological polar surface area (TPSA) is 81.4 Å². The van der Waals surface area contributed by atoms with Gasteiger partial charge in [0.05, 0.1) is 6.61 Å². The second kappa shape index (κ2) is 7.63. The Bertz CT molecular complexity index is 729. The van der Waals surface area contributed by atoms with Gasteiger partial charge in [0.25, 0.3) is 5.91 Å². The first kappa shape index (κ1) is 17.4. The summed E-state index contributed by atoms with van der Waals surface area (Å²) < 4.78 is 10.8. The van der Waals surface area contributed by atoms with Crippen LogP contribution in [0.15, 0.2) is 22.9 Å². The van der Waals surface area contributed by atoms with Crippen molar-refractivity contribution in [2.75, 3.05) is 19.7 Å². The van der Waals surface area contributed by atoms with Crippen LogP contribution >= 0.6 is 0 Å². The SMILES string of the molecule is CCOc1ncccc1C(=O)N1CCC[C@@H](c2noc(C(C)C)n2)C1. The van der Waals surface area contributed by atoms with Crippen molar-refractivity contribution in [1.82, 2.24) is 20.0 Å². The van der Waals surface area contributed by atoms with Crippen molar-refractivity contribution in [3.8, 4) is 5.88 Å². The number of aromatic nitrogens is 3. The van der Waals surface area contributed by atoms with E-state index in [1.54, 1.807) is 18.3 Å². The van der Waals surface area contributed by atoms with E-state index in [4.69, 9.17) is 9.26 Å². The van der Waals surface area contributed by atoms with Crippen LogP contribution in [0, 0.1) is 0 Å². The number of carbonyl (C=O) groups excluding carboxylic acids is 1. The normalized spacial score (nSPS) is 17.8. The predicted molar refractivity (Wildman–Crippen MR) is 91.7 cm³/mol. The van der Waals surface area contributed by atoms with Crippen LogP contribution in [0.2, 0.25) is 0 Å². The van der Waals surface area contributed by atoms with Gasteiger partial charge in [0, 0.05) is 31.1 Å². The van der Waals surface area contributed by atoms with Gasteiger partial charge >= 0.3 is 0 Å². The first-order valence-electron chi connectivity index (χ1n) is 8.80. The Hall–Kier alpha value is -2.44. The third-order valence-corrected chi connectivity index (χ3v) is 4.31. The minimum absolute atomic E-state index is 0.0613. The number of ether oxygens (including phenoxy) is 1. The van der Waals surface area contributed by atoms with Crippen molar-refractivity contribution in [3.63, 3.8) is 0 Å². The maximum Gasteiger partial charge on any atom is 0.259 e. The number of amides is 1. The summed E-state index contributed by atoms with van der Waals surface area (Å²) in [6, 6.07) is 3.51. The van der Waals surface area contributed by atoms with Crippen LogP contribution in [0.25, 0.3) is 0 Å². The Morgan fingerprint density at radius 2 is 2.32 bits per heavy atom. The molecule has 7 nitrogen and oxygen atoms in total. The van der Waals surface area contributed by atoms with Gasteiger partial charge in [-0.1, -0.05) is 19.0 Å². The van der Waals surface area contributed by atoms with Crippen LogP contribution in [0.1, 0.15) is 67.5 Å². The fraction of sp³-hybridized carbons (Fsp3) is 0.556. The van der Waals surface area contributed by atoms with Gasteiger partial charge in [-0.15, -0.1) is 0 Å². The molecule has 1 atom stereocenters. The average molecular weight is 344 g/mol. The molecule has 1 amide bonds. The van der Waals surface area contributed by atoms with Gasteiger partial charge in [0.1, 0.15) is 5.56 Å². The van der Waals surface area contributed by atoms with E-state index in [0.29, 0.717) is 42.9 Å². The fourth-order valence-electron chi connectivity index (χ4n) is 3.00. The Balaban J connectivity index is 1.75.